The Morgan fingerprint density at radius 3 is 2.31 bits per heavy atom. The van der Waals surface area contributed by atoms with E-state index in [9.17, 15) is 32.3 Å². The van der Waals surface area contributed by atoms with Gasteiger partial charge in [0.1, 0.15) is 12.6 Å². The van der Waals surface area contributed by atoms with Crippen LogP contribution in [0.2, 0.25) is 0 Å². The van der Waals surface area contributed by atoms with Crippen LogP contribution in [0.15, 0.2) is 0 Å². The van der Waals surface area contributed by atoms with Gasteiger partial charge < -0.3 is 15.5 Å². The molecule has 178 valence electrons. The number of fused-ring (bicyclic) bond motifs is 2. The van der Waals surface area contributed by atoms with Gasteiger partial charge in [0.25, 0.3) is 0 Å². The number of nitrogens with zero attached hydrogens (tertiary/aromatic N) is 2. The van der Waals surface area contributed by atoms with Crippen molar-refractivity contribution in [1.29, 1.82) is 0 Å². The molecule has 0 aromatic heterocycles. The number of hydrogen-bond acceptors (Lipinski definition) is 4. The third-order valence-corrected chi connectivity index (χ3v) is 7.27. The van der Waals surface area contributed by atoms with Gasteiger partial charge in [0.2, 0.25) is 17.7 Å². The molecule has 32 heavy (non-hydrogen) atoms. The van der Waals surface area contributed by atoms with Crippen molar-refractivity contribution < 1.29 is 32.3 Å². The number of rotatable bonds is 5. The number of urea groups is 1. The van der Waals surface area contributed by atoms with E-state index in [-0.39, 0.29) is 29.7 Å². The van der Waals surface area contributed by atoms with Crippen molar-refractivity contribution in [3.8, 4) is 0 Å². The van der Waals surface area contributed by atoms with Crippen molar-refractivity contribution in [2.24, 2.45) is 17.3 Å². The number of halogens is 3. The molecule has 0 aromatic rings. The minimum atomic E-state index is -4.56. The Bertz CT molecular complexity index is 822. The van der Waals surface area contributed by atoms with Gasteiger partial charge in [-0.25, -0.2) is 4.79 Å². The summed E-state index contributed by atoms with van der Waals surface area (Å²) < 4.78 is 37.2. The molecule has 2 aliphatic carbocycles. The molecule has 2 aliphatic heterocycles. The number of carbonyl (C=O) groups excluding carboxylic acids is 4. The highest BCUT2D eigenvalue weighted by atomic mass is 19.4. The predicted octanol–water partition coefficient (Wildman–Crippen LogP) is 1.79. The molecule has 2 N–H and O–H groups in total. The summed E-state index contributed by atoms with van der Waals surface area (Å²) in [5, 5.41) is 4.11. The van der Waals surface area contributed by atoms with Gasteiger partial charge in [-0.3, -0.25) is 19.3 Å². The lowest BCUT2D eigenvalue weighted by Gasteiger charge is -2.44. The average molecular weight is 458 g/mol. The lowest BCUT2D eigenvalue weighted by atomic mass is 9.64. The summed E-state index contributed by atoms with van der Waals surface area (Å²) in [6, 6.07) is -2.93. The standard InChI is InChI=1S/C21H29F3N4O4/c1-11(2)14(26-19(32)25-10-21(22,23)24)17(30)27-9-6-13-15(27)20(7-3-8-20)18(31)28(13)16(29)12-4-5-12/h11-15H,3-10H2,1-2H3,(H2,25,26,32)/t13-,14-,15-/m0/s1. The average Bonchev–Trinajstić information content (AvgIpc) is 3.38. The van der Waals surface area contributed by atoms with E-state index in [1.807, 2.05) is 0 Å². The number of amides is 5. The number of likely N-dealkylation sites (tertiary alicyclic amines) is 2. The van der Waals surface area contributed by atoms with E-state index >= 15 is 0 Å². The highest BCUT2D eigenvalue weighted by Gasteiger charge is 2.68. The number of imide groups is 1. The molecule has 0 aromatic carbocycles. The maximum absolute atomic E-state index is 13.5. The zero-order valence-corrected chi connectivity index (χ0v) is 18.2. The molecule has 4 fully saturated rings. The van der Waals surface area contributed by atoms with Gasteiger partial charge in [0.05, 0.1) is 17.5 Å². The van der Waals surface area contributed by atoms with Crippen molar-refractivity contribution in [2.75, 3.05) is 13.1 Å². The van der Waals surface area contributed by atoms with Gasteiger partial charge in [-0.05, 0) is 38.0 Å². The molecular formula is C21H29F3N4O4. The lowest BCUT2D eigenvalue weighted by Crippen LogP contribution is -2.59. The van der Waals surface area contributed by atoms with E-state index in [1.54, 1.807) is 24.1 Å². The molecule has 11 heteroatoms. The van der Waals surface area contributed by atoms with Gasteiger partial charge in [0.15, 0.2) is 0 Å². The molecule has 0 bridgehead atoms. The summed E-state index contributed by atoms with van der Waals surface area (Å²) in [7, 11) is 0. The zero-order chi connectivity index (χ0) is 23.4. The maximum atomic E-state index is 13.5. The topological polar surface area (TPSA) is 98.8 Å². The summed E-state index contributed by atoms with van der Waals surface area (Å²) >= 11 is 0. The molecule has 2 heterocycles. The van der Waals surface area contributed by atoms with E-state index in [4.69, 9.17) is 0 Å². The highest BCUT2D eigenvalue weighted by Crippen LogP contribution is 2.56. The fourth-order valence-electron chi connectivity index (χ4n) is 5.40. The quantitative estimate of drug-likeness (QED) is 0.614. The SMILES string of the molecule is CC(C)[C@H](NC(=O)NCC(F)(F)F)C(=O)N1CC[C@H]2[C@H]1C1(CCC1)C(=O)N2C(=O)C1CC1. The van der Waals surface area contributed by atoms with Crippen LogP contribution in [0.5, 0.6) is 0 Å². The Kier molecular flexibility index (Phi) is 5.65. The number of alkyl halides is 3. The first-order chi connectivity index (χ1) is 15.0. The van der Waals surface area contributed by atoms with Crippen LogP contribution in [-0.4, -0.2) is 70.9 Å². The summed E-state index contributed by atoms with van der Waals surface area (Å²) in [5.74, 6) is -1.24. The second kappa shape index (κ2) is 7.91. The van der Waals surface area contributed by atoms with Crippen molar-refractivity contribution in [2.45, 2.75) is 76.7 Å². The Labute approximate surface area is 184 Å². The van der Waals surface area contributed by atoms with E-state index in [0.29, 0.717) is 25.8 Å². The highest BCUT2D eigenvalue weighted by molar-refractivity contribution is 6.04. The fraction of sp³-hybridized carbons (Fsp3) is 0.810. The van der Waals surface area contributed by atoms with Crippen LogP contribution in [0, 0.1) is 17.3 Å². The third kappa shape index (κ3) is 3.83. The van der Waals surface area contributed by atoms with Crippen LogP contribution >= 0.6 is 0 Å². The van der Waals surface area contributed by atoms with Crippen molar-refractivity contribution >= 4 is 23.8 Å². The smallest absolute Gasteiger partial charge is 0.335 e. The van der Waals surface area contributed by atoms with Gasteiger partial charge in [-0.15, -0.1) is 0 Å². The van der Waals surface area contributed by atoms with Gasteiger partial charge in [-0.1, -0.05) is 20.3 Å². The first kappa shape index (κ1) is 22.8. The predicted molar refractivity (Wildman–Crippen MR) is 106 cm³/mol. The third-order valence-electron chi connectivity index (χ3n) is 7.27. The Morgan fingerprint density at radius 2 is 1.81 bits per heavy atom. The van der Waals surface area contributed by atoms with Crippen LogP contribution in [0.3, 0.4) is 0 Å². The largest absolute Gasteiger partial charge is 0.405 e. The maximum Gasteiger partial charge on any atom is 0.405 e. The Balaban J connectivity index is 1.52. The van der Waals surface area contributed by atoms with E-state index in [1.165, 1.54) is 4.90 Å². The van der Waals surface area contributed by atoms with Crippen molar-refractivity contribution in [3.05, 3.63) is 0 Å². The molecule has 8 nitrogen and oxygen atoms in total. The minimum absolute atomic E-state index is 0.109. The molecule has 0 unspecified atom stereocenters. The van der Waals surface area contributed by atoms with E-state index < -0.39 is 42.2 Å². The fourth-order valence-corrected chi connectivity index (χ4v) is 5.40. The Hall–Kier alpha value is -2.33. The number of hydrogen-bond donors (Lipinski definition) is 2. The minimum Gasteiger partial charge on any atom is -0.335 e. The summed E-state index contributed by atoms with van der Waals surface area (Å²) in [4.78, 5) is 54.6. The molecule has 0 radical (unpaired) electrons. The molecular weight excluding hydrogens is 429 g/mol. The normalized spacial score (nSPS) is 27.4. The second-order valence-corrected chi connectivity index (χ2v) is 9.79. The number of carbonyl (C=O) groups is 4. The molecule has 3 atom stereocenters. The first-order valence-electron chi connectivity index (χ1n) is 11.3. The zero-order valence-electron chi connectivity index (χ0n) is 18.2. The first-order valence-corrected chi connectivity index (χ1v) is 11.3. The molecule has 1 spiro atoms. The van der Waals surface area contributed by atoms with E-state index in [2.05, 4.69) is 5.32 Å². The molecule has 2 saturated heterocycles. The Morgan fingerprint density at radius 1 is 1.16 bits per heavy atom. The molecule has 2 saturated carbocycles. The van der Waals surface area contributed by atoms with Crippen LogP contribution < -0.4 is 10.6 Å². The van der Waals surface area contributed by atoms with Crippen LogP contribution in [0.4, 0.5) is 18.0 Å². The molecule has 5 amide bonds. The summed E-state index contributed by atoms with van der Waals surface area (Å²) in [5.41, 5.74) is -0.762. The summed E-state index contributed by atoms with van der Waals surface area (Å²) in [6.07, 6.45) is -0.463. The molecule has 4 rings (SSSR count). The van der Waals surface area contributed by atoms with Gasteiger partial charge in [0, 0.05) is 12.5 Å². The van der Waals surface area contributed by atoms with Crippen molar-refractivity contribution in [3.63, 3.8) is 0 Å². The second-order valence-electron chi connectivity index (χ2n) is 9.79. The monoisotopic (exact) mass is 458 g/mol. The van der Waals surface area contributed by atoms with Gasteiger partial charge >= 0.3 is 12.2 Å². The lowest BCUT2D eigenvalue weighted by molar-refractivity contribution is -0.152. The van der Waals surface area contributed by atoms with E-state index in [0.717, 1.165) is 19.3 Å². The number of nitrogens with one attached hydrogen (secondary N) is 2. The van der Waals surface area contributed by atoms with Crippen LogP contribution in [-0.2, 0) is 14.4 Å². The summed E-state index contributed by atoms with van der Waals surface area (Å²) in [6.45, 7) is 2.23. The molecule has 4 aliphatic rings. The van der Waals surface area contributed by atoms with Gasteiger partial charge in [-0.2, -0.15) is 13.2 Å². The van der Waals surface area contributed by atoms with Crippen LogP contribution in [0.25, 0.3) is 0 Å². The van der Waals surface area contributed by atoms with Crippen molar-refractivity contribution in [1.82, 2.24) is 20.4 Å². The van der Waals surface area contributed by atoms with Crippen LogP contribution in [0.1, 0.15) is 52.4 Å².